The highest BCUT2D eigenvalue weighted by Crippen LogP contribution is 2.11. The Balaban J connectivity index is -0.000000116. The van der Waals surface area contributed by atoms with Crippen LogP contribution in [0.5, 0.6) is 0 Å². The second kappa shape index (κ2) is 20.1. The zero-order valence-corrected chi connectivity index (χ0v) is 13.0. The standard InChI is InChI=1S/C6H10O3.3C3H4O2/c1-2-6(3-7,4-8)5-9;3*1-2-3(4)5/h1,7-9H,3-5H2;3*2H,1H2,(H,4,5). The van der Waals surface area contributed by atoms with E-state index in [1.807, 2.05) is 0 Å². The predicted molar refractivity (Wildman–Crippen MR) is 86.0 cm³/mol. The molecule has 9 nitrogen and oxygen atoms in total. The lowest BCUT2D eigenvalue weighted by Gasteiger charge is -2.19. The van der Waals surface area contributed by atoms with Gasteiger partial charge in [-0.1, -0.05) is 25.7 Å². The maximum Gasteiger partial charge on any atom is 0.327 e. The molecule has 0 rings (SSSR count). The van der Waals surface area contributed by atoms with Crippen molar-refractivity contribution in [1.29, 1.82) is 0 Å². The second-order valence-electron chi connectivity index (χ2n) is 3.53. The normalized spacial score (nSPS) is 8.08. The first-order valence-corrected chi connectivity index (χ1v) is 5.92. The van der Waals surface area contributed by atoms with Crippen LogP contribution in [0.25, 0.3) is 0 Å². The quantitative estimate of drug-likeness (QED) is 0.270. The molecule has 136 valence electrons. The smallest absolute Gasteiger partial charge is 0.327 e. The molecule has 0 atom stereocenters. The van der Waals surface area contributed by atoms with E-state index in [0.29, 0.717) is 0 Å². The van der Waals surface area contributed by atoms with Crippen molar-refractivity contribution in [2.24, 2.45) is 5.41 Å². The van der Waals surface area contributed by atoms with Crippen molar-refractivity contribution >= 4 is 17.9 Å². The van der Waals surface area contributed by atoms with Gasteiger partial charge >= 0.3 is 17.9 Å². The fraction of sp³-hybridized carbons (Fsp3) is 0.267. The minimum Gasteiger partial charge on any atom is -0.478 e. The van der Waals surface area contributed by atoms with Gasteiger partial charge in [-0.2, -0.15) is 0 Å². The second-order valence-corrected chi connectivity index (χ2v) is 3.53. The molecule has 9 heteroatoms. The Kier molecular flexibility index (Phi) is 24.4. The molecule has 0 unspecified atom stereocenters. The minimum absolute atomic E-state index is 0.392. The Morgan fingerprint density at radius 3 is 0.958 bits per heavy atom. The number of carbonyl (C=O) groups is 3. The van der Waals surface area contributed by atoms with Gasteiger partial charge in [0.1, 0.15) is 5.41 Å². The molecular weight excluding hydrogens is 324 g/mol. The van der Waals surface area contributed by atoms with Crippen LogP contribution in [-0.4, -0.2) is 68.4 Å². The molecule has 6 N–H and O–H groups in total. The van der Waals surface area contributed by atoms with Crippen LogP contribution in [0.15, 0.2) is 38.0 Å². The van der Waals surface area contributed by atoms with Gasteiger partial charge in [0.05, 0.1) is 19.8 Å². The highest BCUT2D eigenvalue weighted by molar-refractivity contribution is 5.79. The van der Waals surface area contributed by atoms with Gasteiger partial charge in [0.2, 0.25) is 0 Å². The van der Waals surface area contributed by atoms with E-state index in [0.717, 1.165) is 18.2 Å². The number of aliphatic carboxylic acids is 3. The minimum atomic E-state index is -1.14. The van der Waals surface area contributed by atoms with E-state index < -0.39 is 43.1 Å². The Labute approximate surface area is 139 Å². The Morgan fingerprint density at radius 1 is 0.792 bits per heavy atom. The maximum absolute atomic E-state index is 9.25. The Morgan fingerprint density at radius 2 is 0.958 bits per heavy atom. The fourth-order valence-electron chi connectivity index (χ4n) is 0.287. The fourth-order valence-corrected chi connectivity index (χ4v) is 0.287. The topological polar surface area (TPSA) is 173 Å². The van der Waals surface area contributed by atoms with E-state index in [4.69, 9.17) is 37.1 Å². The van der Waals surface area contributed by atoms with Crippen molar-refractivity contribution in [3.63, 3.8) is 0 Å². The summed E-state index contributed by atoms with van der Waals surface area (Å²) in [6.07, 6.45) is 7.41. The van der Waals surface area contributed by atoms with Crippen LogP contribution in [0.1, 0.15) is 0 Å². The summed E-state index contributed by atoms with van der Waals surface area (Å²) >= 11 is 0. The van der Waals surface area contributed by atoms with Gasteiger partial charge in [0, 0.05) is 18.2 Å². The van der Waals surface area contributed by atoms with Crippen molar-refractivity contribution in [2.45, 2.75) is 0 Å². The van der Waals surface area contributed by atoms with Gasteiger partial charge in [-0.05, 0) is 0 Å². The third-order valence-electron chi connectivity index (χ3n) is 1.74. The van der Waals surface area contributed by atoms with Crippen LogP contribution in [0, 0.1) is 17.8 Å². The number of rotatable bonds is 6. The van der Waals surface area contributed by atoms with Crippen molar-refractivity contribution in [1.82, 2.24) is 0 Å². The highest BCUT2D eigenvalue weighted by atomic mass is 16.4. The third kappa shape index (κ3) is 27.4. The Bertz CT molecular complexity index is 391. The average molecular weight is 346 g/mol. The van der Waals surface area contributed by atoms with E-state index in [1.54, 1.807) is 0 Å². The van der Waals surface area contributed by atoms with Crippen molar-refractivity contribution in [3.8, 4) is 12.3 Å². The molecule has 0 aromatic heterocycles. The highest BCUT2D eigenvalue weighted by Gasteiger charge is 2.24. The molecule has 0 saturated heterocycles. The predicted octanol–water partition coefficient (Wildman–Crippen LogP) is -0.646. The van der Waals surface area contributed by atoms with E-state index in [2.05, 4.69) is 25.7 Å². The maximum atomic E-state index is 9.25. The molecule has 0 heterocycles. The molecule has 0 radical (unpaired) electrons. The van der Waals surface area contributed by atoms with Crippen LogP contribution >= 0.6 is 0 Å². The summed E-state index contributed by atoms with van der Waals surface area (Å²) in [5, 5.41) is 48.4. The van der Waals surface area contributed by atoms with Gasteiger partial charge in [-0.15, -0.1) is 6.42 Å². The van der Waals surface area contributed by atoms with E-state index >= 15 is 0 Å². The summed E-state index contributed by atoms with van der Waals surface area (Å²) < 4.78 is 0. The molecule has 0 aromatic carbocycles. The SMILES string of the molecule is C#CC(CO)(CO)CO.C=CC(=O)O.C=CC(=O)O.C=CC(=O)O. The summed E-state index contributed by atoms with van der Waals surface area (Å²) in [6.45, 7) is 7.70. The third-order valence-corrected chi connectivity index (χ3v) is 1.74. The number of hydrogen-bond donors (Lipinski definition) is 6. The van der Waals surface area contributed by atoms with Crippen LogP contribution in [0.4, 0.5) is 0 Å². The van der Waals surface area contributed by atoms with E-state index in [-0.39, 0.29) is 0 Å². The summed E-state index contributed by atoms with van der Waals surface area (Å²) in [5.74, 6) is -0.830. The van der Waals surface area contributed by atoms with Crippen molar-refractivity contribution in [2.75, 3.05) is 19.8 Å². The number of carboxylic acids is 3. The van der Waals surface area contributed by atoms with Crippen LogP contribution in [-0.2, 0) is 14.4 Å². The zero-order valence-electron chi connectivity index (χ0n) is 13.0. The Hall–Kier alpha value is -2.93. The molecule has 0 saturated carbocycles. The van der Waals surface area contributed by atoms with Gasteiger partial charge in [0.25, 0.3) is 0 Å². The summed E-state index contributed by atoms with van der Waals surface area (Å²) in [6, 6.07) is 0. The summed E-state index contributed by atoms with van der Waals surface area (Å²) in [4.78, 5) is 27.8. The summed E-state index contributed by atoms with van der Waals surface area (Å²) in [5.41, 5.74) is -1.14. The first-order chi connectivity index (χ1) is 11.1. The van der Waals surface area contributed by atoms with Crippen LogP contribution in [0.2, 0.25) is 0 Å². The molecule has 24 heavy (non-hydrogen) atoms. The molecule has 0 fully saturated rings. The van der Waals surface area contributed by atoms with Gasteiger partial charge < -0.3 is 30.6 Å². The van der Waals surface area contributed by atoms with E-state index in [1.165, 1.54) is 0 Å². The van der Waals surface area contributed by atoms with Crippen LogP contribution < -0.4 is 0 Å². The van der Waals surface area contributed by atoms with Crippen LogP contribution in [0.3, 0.4) is 0 Å². The van der Waals surface area contributed by atoms with E-state index in [9.17, 15) is 14.4 Å². The van der Waals surface area contributed by atoms with Gasteiger partial charge in [-0.25, -0.2) is 14.4 Å². The van der Waals surface area contributed by atoms with Crippen molar-refractivity contribution in [3.05, 3.63) is 38.0 Å². The average Bonchev–Trinajstić information content (AvgIpc) is 2.59. The number of aliphatic hydroxyl groups is 3. The first-order valence-electron chi connectivity index (χ1n) is 5.92. The zero-order chi connectivity index (χ0) is 20.2. The largest absolute Gasteiger partial charge is 0.478 e. The number of terminal acetylenes is 1. The molecule has 0 amide bonds. The number of carboxylic acid groups (broad SMARTS) is 3. The number of aliphatic hydroxyl groups excluding tert-OH is 3. The molecule has 0 spiro atoms. The summed E-state index contributed by atoms with van der Waals surface area (Å²) in [7, 11) is 0. The van der Waals surface area contributed by atoms with Gasteiger partial charge in [-0.3, -0.25) is 0 Å². The number of hydrogen-bond acceptors (Lipinski definition) is 6. The van der Waals surface area contributed by atoms with Gasteiger partial charge in [0.15, 0.2) is 0 Å². The van der Waals surface area contributed by atoms with Crippen molar-refractivity contribution < 1.29 is 45.0 Å². The first kappa shape index (κ1) is 29.1. The molecule has 0 aliphatic carbocycles. The lowest BCUT2D eigenvalue weighted by Crippen LogP contribution is -2.31. The molecule has 0 bridgehead atoms. The lowest BCUT2D eigenvalue weighted by atomic mass is 9.93. The monoisotopic (exact) mass is 346 g/mol. The molecule has 0 aliphatic heterocycles. The molecular formula is C15H22O9. The molecule has 0 aromatic rings. The lowest BCUT2D eigenvalue weighted by molar-refractivity contribution is -0.132. The molecule has 0 aliphatic rings.